The summed E-state index contributed by atoms with van der Waals surface area (Å²) in [5.74, 6) is 0.307. The normalized spacial score (nSPS) is 20.9. The zero-order valence-electron chi connectivity index (χ0n) is 16.2. The highest BCUT2D eigenvalue weighted by molar-refractivity contribution is 5.90. The smallest absolute Gasteiger partial charge is 0.226 e. The lowest BCUT2D eigenvalue weighted by atomic mass is 9.92. The summed E-state index contributed by atoms with van der Waals surface area (Å²) in [6.45, 7) is 5.11. The molecule has 2 rings (SSSR count). The highest BCUT2D eigenvalue weighted by Gasteiger charge is 2.44. The van der Waals surface area contributed by atoms with E-state index in [1.807, 2.05) is 36.1 Å². The summed E-state index contributed by atoms with van der Waals surface area (Å²) < 4.78 is 10.3. The SMILES string of the molecule is CCCCN1C(=O)CC(C(=O)NC(C)COC)C1c1ccc(OC)cc1. The third-order valence-corrected chi connectivity index (χ3v) is 4.78. The maximum Gasteiger partial charge on any atom is 0.226 e. The van der Waals surface area contributed by atoms with Crippen molar-refractivity contribution in [2.24, 2.45) is 5.92 Å². The molecule has 1 fully saturated rings. The molecule has 1 aromatic rings. The van der Waals surface area contributed by atoms with Crippen molar-refractivity contribution in [3.05, 3.63) is 29.8 Å². The van der Waals surface area contributed by atoms with Crippen LogP contribution in [-0.2, 0) is 14.3 Å². The van der Waals surface area contributed by atoms with Gasteiger partial charge in [-0.05, 0) is 31.0 Å². The van der Waals surface area contributed by atoms with Gasteiger partial charge in [-0.25, -0.2) is 0 Å². The average Bonchev–Trinajstić information content (AvgIpc) is 2.96. The Balaban J connectivity index is 2.26. The Morgan fingerprint density at radius 3 is 2.58 bits per heavy atom. The van der Waals surface area contributed by atoms with E-state index in [1.165, 1.54) is 0 Å². The Morgan fingerprint density at radius 1 is 1.31 bits per heavy atom. The fourth-order valence-corrected chi connectivity index (χ4v) is 3.47. The van der Waals surface area contributed by atoms with Gasteiger partial charge in [-0.15, -0.1) is 0 Å². The number of nitrogens with one attached hydrogen (secondary N) is 1. The van der Waals surface area contributed by atoms with E-state index in [0.29, 0.717) is 13.2 Å². The first-order valence-electron chi connectivity index (χ1n) is 9.24. The van der Waals surface area contributed by atoms with E-state index in [0.717, 1.165) is 24.2 Å². The van der Waals surface area contributed by atoms with Gasteiger partial charge in [0.05, 0.1) is 25.7 Å². The average molecular weight is 362 g/mol. The van der Waals surface area contributed by atoms with Crippen molar-refractivity contribution in [1.82, 2.24) is 10.2 Å². The summed E-state index contributed by atoms with van der Waals surface area (Å²) in [4.78, 5) is 27.3. The highest BCUT2D eigenvalue weighted by Crippen LogP contribution is 2.39. The maximum atomic E-state index is 12.8. The lowest BCUT2D eigenvalue weighted by molar-refractivity contribution is -0.129. The lowest BCUT2D eigenvalue weighted by Crippen LogP contribution is -2.41. The molecule has 1 saturated heterocycles. The second-order valence-electron chi connectivity index (χ2n) is 6.83. The molecule has 144 valence electrons. The first kappa shape index (κ1) is 20.2. The molecule has 3 unspecified atom stereocenters. The first-order valence-corrected chi connectivity index (χ1v) is 9.24. The van der Waals surface area contributed by atoms with Crippen molar-refractivity contribution in [2.75, 3.05) is 27.4 Å². The van der Waals surface area contributed by atoms with Crippen LogP contribution in [0.2, 0.25) is 0 Å². The Bertz CT molecular complexity index is 602. The molecule has 1 N–H and O–H groups in total. The van der Waals surface area contributed by atoms with Crippen molar-refractivity contribution < 1.29 is 19.1 Å². The van der Waals surface area contributed by atoms with E-state index in [9.17, 15) is 9.59 Å². The topological polar surface area (TPSA) is 67.9 Å². The van der Waals surface area contributed by atoms with Crippen LogP contribution in [0.25, 0.3) is 0 Å². The van der Waals surface area contributed by atoms with Crippen molar-refractivity contribution in [2.45, 2.75) is 45.2 Å². The van der Waals surface area contributed by atoms with E-state index in [-0.39, 0.29) is 30.3 Å². The number of carbonyl (C=O) groups is 2. The molecule has 2 amide bonds. The zero-order valence-corrected chi connectivity index (χ0v) is 16.2. The lowest BCUT2D eigenvalue weighted by Gasteiger charge is -2.29. The van der Waals surface area contributed by atoms with Gasteiger partial charge in [0.1, 0.15) is 5.75 Å². The Labute approximate surface area is 155 Å². The van der Waals surface area contributed by atoms with Crippen LogP contribution >= 0.6 is 0 Å². The van der Waals surface area contributed by atoms with Crippen LogP contribution < -0.4 is 10.1 Å². The predicted molar refractivity (Wildman–Crippen MR) is 99.9 cm³/mol. The molecule has 0 saturated carbocycles. The molecule has 0 spiro atoms. The van der Waals surface area contributed by atoms with Gasteiger partial charge in [-0.1, -0.05) is 25.5 Å². The van der Waals surface area contributed by atoms with Gasteiger partial charge < -0.3 is 19.7 Å². The number of benzene rings is 1. The minimum atomic E-state index is -0.396. The van der Waals surface area contributed by atoms with Gasteiger partial charge in [0.2, 0.25) is 11.8 Å². The number of nitrogens with zero attached hydrogens (tertiary/aromatic N) is 1. The van der Waals surface area contributed by atoms with Crippen LogP contribution in [0.1, 0.15) is 44.7 Å². The number of unbranched alkanes of at least 4 members (excludes halogenated alkanes) is 1. The number of likely N-dealkylation sites (tertiary alicyclic amines) is 1. The van der Waals surface area contributed by atoms with E-state index in [1.54, 1.807) is 14.2 Å². The molecule has 0 aliphatic carbocycles. The number of hydrogen-bond acceptors (Lipinski definition) is 4. The summed E-state index contributed by atoms with van der Waals surface area (Å²) >= 11 is 0. The molecular formula is C20H30N2O4. The third-order valence-electron chi connectivity index (χ3n) is 4.78. The van der Waals surface area contributed by atoms with Gasteiger partial charge in [0, 0.05) is 26.1 Å². The second-order valence-corrected chi connectivity index (χ2v) is 6.83. The van der Waals surface area contributed by atoms with Crippen LogP contribution in [-0.4, -0.2) is 50.1 Å². The summed E-state index contributed by atoms with van der Waals surface area (Å²) in [5, 5.41) is 2.97. The second kappa shape index (κ2) is 9.57. The number of carbonyl (C=O) groups excluding carboxylic acids is 2. The van der Waals surface area contributed by atoms with E-state index < -0.39 is 5.92 Å². The number of rotatable bonds is 9. The van der Waals surface area contributed by atoms with Crippen LogP contribution in [0.3, 0.4) is 0 Å². The molecule has 0 aromatic heterocycles. The minimum absolute atomic E-state index is 0.0406. The molecule has 0 radical (unpaired) electrons. The third kappa shape index (κ3) is 4.75. The fraction of sp³-hybridized carbons (Fsp3) is 0.600. The molecule has 1 heterocycles. The number of ether oxygens (including phenoxy) is 2. The Morgan fingerprint density at radius 2 is 2.00 bits per heavy atom. The molecular weight excluding hydrogens is 332 g/mol. The molecule has 1 aromatic carbocycles. The van der Waals surface area contributed by atoms with Crippen molar-refractivity contribution in [1.29, 1.82) is 0 Å². The van der Waals surface area contributed by atoms with Crippen LogP contribution in [0.4, 0.5) is 0 Å². The van der Waals surface area contributed by atoms with Gasteiger partial charge in [-0.2, -0.15) is 0 Å². The molecule has 0 bridgehead atoms. The number of methoxy groups -OCH3 is 2. The quantitative estimate of drug-likeness (QED) is 0.733. The van der Waals surface area contributed by atoms with Crippen molar-refractivity contribution >= 4 is 11.8 Å². The van der Waals surface area contributed by atoms with Crippen LogP contribution in [0.5, 0.6) is 5.75 Å². The van der Waals surface area contributed by atoms with E-state index in [4.69, 9.17) is 9.47 Å². The summed E-state index contributed by atoms with van der Waals surface area (Å²) in [6.07, 6.45) is 2.17. The first-order chi connectivity index (χ1) is 12.5. The van der Waals surface area contributed by atoms with Gasteiger partial charge >= 0.3 is 0 Å². The van der Waals surface area contributed by atoms with Crippen molar-refractivity contribution in [3.63, 3.8) is 0 Å². The number of hydrogen-bond donors (Lipinski definition) is 1. The monoisotopic (exact) mass is 362 g/mol. The minimum Gasteiger partial charge on any atom is -0.497 e. The summed E-state index contributed by atoms with van der Waals surface area (Å²) in [5.41, 5.74) is 0.965. The van der Waals surface area contributed by atoms with E-state index >= 15 is 0 Å². The Hall–Kier alpha value is -2.08. The number of amides is 2. The van der Waals surface area contributed by atoms with Gasteiger partial charge in [-0.3, -0.25) is 9.59 Å². The molecule has 26 heavy (non-hydrogen) atoms. The largest absolute Gasteiger partial charge is 0.497 e. The zero-order chi connectivity index (χ0) is 19.1. The van der Waals surface area contributed by atoms with Gasteiger partial charge in [0.15, 0.2) is 0 Å². The molecule has 1 aliphatic rings. The molecule has 3 atom stereocenters. The standard InChI is InChI=1S/C20H30N2O4/c1-5-6-11-22-18(23)12-17(20(24)21-14(2)13-25-3)19(22)15-7-9-16(26-4)10-8-15/h7-10,14,17,19H,5-6,11-13H2,1-4H3,(H,21,24). The summed E-state index contributed by atoms with van der Waals surface area (Å²) in [6, 6.07) is 7.30. The maximum absolute atomic E-state index is 12.8. The molecule has 1 aliphatic heterocycles. The molecule has 6 heteroatoms. The van der Waals surface area contributed by atoms with Crippen LogP contribution in [0, 0.1) is 5.92 Å². The summed E-state index contributed by atoms with van der Waals surface area (Å²) in [7, 11) is 3.23. The molecule has 6 nitrogen and oxygen atoms in total. The van der Waals surface area contributed by atoms with E-state index in [2.05, 4.69) is 12.2 Å². The highest BCUT2D eigenvalue weighted by atomic mass is 16.5. The van der Waals surface area contributed by atoms with Crippen LogP contribution in [0.15, 0.2) is 24.3 Å². The fourth-order valence-electron chi connectivity index (χ4n) is 3.47. The van der Waals surface area contributed by atoms with Crippen molar-refractivity contribution in [3.8, 4) is 5.75 Å². The predicted octanol–water partition coefficient (Wildman–Crippen LogP) is 2.54. The Kier molecular flexibility index (Phi) is 7.45. The van der Waals surface area contributed by atoms with Gasteiger partial charge in [0.25, 0.3) is 0 Å².